The van der Waals surface area contributed by atoms with Crippen LogP contribution >= 0.6 is 11.8 Å². The molecule has 19 heavy (non-hydrogen) atoms. The van der Waals surface area contributed by atoms with Crippen LogP contribution in [0, 0.1) is 0 Å². The quantitative estimate of drug-likeness (QED) is 0.487. The number of thioether (sulfide) groups is 1. The lowest BCUT2D eigenvalue weighted by molar-refractivity contribution is -0.205. The van der Waals surface area contributed by atoms with Crippen molar-refractivity contribution in [3.05, 3.63) is 0 Å². The van der Waals surface area contributed by atoms with Crippen LogP contribution in [0.1, 0.15) is 39.0 Å². The summed E-state index contributed by atoms with van der Waals surface area (Å²) < 4.78 is 5.41. The van der Waals surface area contributed by atoms with Gasteiger partial charge in [0.05, 0.1) is 6.61 Å². The van der Waals surface area contributed by atoms with Crippen LogP contribution in [0.15, 0.2) is 0 Å². The van der Waals surface area contributed by atoms with E-state index in [0.717, 1.165) is 18.6 Å². The zero-order valence-electron chi connectivity index (χ0n) is 11.4. The maximum absolute atomic E-state index is 9.82. The molecule has 0 aliphatic carbocycles. The molecule has 1 rings (SSSR count). The van der Waals surface area contributed by atoms with E-state index >= 15 is 0 Å². The summed E-state index contributed by atoms with van der Waals surface area (Å²) in [5, 5.41) is 38.2. The zero-order chi connectivity index (χ0) is 14.3. The third-order valence-electron chi connectivity index (χ3n) is 3.38. The molecule has 0 aromatic rings. The monoisotopic (exact) mass is 294 g/mol. The van der Waals surface area contributed by atoms with Crippen molar-refractivity contribution in [1.29, 1.82) is 0 Å². The van der Waals surface area contributed by atoms with Gasteiger partial charge in [-0.25, -0.2) is 0 Å². The number of aliphatic hydroxyl groups excluding tert-OH is 4. The highest BCUT2D eigenvalue weighted by atomic mass is 32.2. The smallest absolute Gasteiger partial charge is 0.132 e. The Kier molecular flexibility index (Phi) is 8.29. The molecule has 5 atom stereocenters. The van der Waals surface area contributed by atoms with E-state index in [1.54, 1.807) is 0 Å². The fourth-order valence-corrected chi connectivity index (χ4v) is 3.29. The lowest BCUT2D eigenvalue weighted by atomic mass is 10.0. The Bertz CT molecular complexity index is 239. The van der Waals surface area contributed by atoms with E-state index in [2.05, 4.69) is 6.92 Å². The summed E-state index contributed by atoms with van der Waals surface area (Å²) in [6.45, 7) is 1.81. The topological polar surface area (TPSA) is 90.2 Å². The molecule has 1 aliphatic heterocycles. The lowest BCUT2D eigenvalue weighted by Crippen LogP contribution is -2.57. The lowest BCUT2D eigenvalue weighted by Gasteiger charge is -2.39. The van der Waals surface area contributed by atoms with E-state index < -0.39 is 29.9 Å². The van der Waals surface area contributed by atoms with Gasteiger partial charge in [0, 0.05) is 0 Å². The number of hydrogen-bond donors (Lipinski definition) is 4. The van der Waals surface area contributed by atoms with Gasteiger partial charge in [-0.05, 0) is 12.2 Å². The molecule has 114 valence electrons. The van der Waals surface area contributed by atoms with Gasteiger partial charge in [0.25, 0.3) is 0 Å². The molecule has 0 bridgehead atoms. The summed E-state index contributed by atoms with van der Waals surface area (Å²) in [5.41, 5.74) is -0.582. The summed E-state index contributed by atoms with van der Waals surface area (Å²) in [5.74, 6) is 0.840. The van der Waals surface area contributed by atoms with Gasteiger partial charge in [-0.1, -0.05) is 32.6 Å². The van der Waals surface area contributed by atoms with E-state index in [0.29, 0.717) is 0 Å². The van der Waals surface area contributed by atoms with Gasteiger partial charge >= 0.3 is 0 Å². The van der Waals surface area contributed by atoms with Gasteiger partial charge in [0.2, 0.25) is 0 Å². The molecule has 0 spiro atoms. The first-order chi connectivity index (χ1) is 9.11. The Morgan fingerprint density at radius 3 is 2.26 bits per heavy atom. The summed E-state index contributed by atoms with van der Waals surface area (Å²) in [7, 11) is 0. The van der Waals surface area contributed by atoms with Gasteiger partial charge in [0.15, 0.2) is 0 Å². The largest absolute Gasteiger partial charge is 0.394 e. The third-order valence-corrected chi connectivity index (χ3v) is 4.62. The summed E-state index contributed by atoms with van der Waals surface area (Å²) in [6.07, 6.45) is 1.42. The number of unbranched alkanes of at least 4 members (excludes halogenated alkanes) is 4. The number of ether oxygens (including phenoxy) is 1. The fraction of sp³-hybridized carbons (Fsp3) is 1.00. The Balaban J connectivity index is 2.28. The van der Waals surface area contributed by atoms with Gasteiger partial charge < -0.3 is 25.2 Å². The summed E-state index contributed by atoms with van der Waals surface area (Å²) in [4.78, 5) is 0. The number of rotatable bonds is 8. The van der Waals surface area contributed by atoms with Crippen molar-refractivity contribution >= 4 is 11.8 Å². The Hall–Kier alpha value is 0.150. The second kappa shape index (κ2) is 9.15. The van der Waals surface area contributed by atoms with Gasteiger partial charge in [-0.15, -0.1) is 11.8 Å². The van der Waals surface area contributed by atoms with Crippen LogP contribution in [0.4, 0.5) is 0 Å². The van der Waals surface area contributed by atoms with E-state index in [1.807, 2.05) is 0 Å². The van der Waals surface area contributed by atoms with Crippen LogP contribution in [0.2, 0.25) is 0 Å². The van der Waals surface area contributed by atoms with Crippen molar-refractivity contribution in [2.45, 2.75) is 68.9 Å². The molecule has 1 aliphatic rings. The van der Waals surface area contributed by atoms with Crippen LogP contribution in [-0.4, -0.2) is 62.6 Å². The van der Waals surface area contributed by atoms with Gasteiger partial charge in [0.1, 0.15) is 29.9 Å². The highest BCUT2D eigenvalue weighted by molar-refractivity contribution is 7.99. The minimum absolute atomic E-state index is 0.363. The molecule has 1 saturated heterocycles. The number of hydrogen-bond acceptors (Lipinski definition) is 6. The zero-order valence-corrected chi connectivity index (χ0v) is 12.3. The third kappa shape index (κ3) is 5.21. The molecule has 1 heterocycles. The highest BCUT2D eigenvalue weighted by Gasteiger charge is 2.43. The highest BCUT2D eigenvalue weighted by Crippen LogP contribution is 2.29. The minimum Gasteiger partial charge on any atom is -0.394 e. The van der Waals surface area contributed by atoms with Crippen LogP contribution in [0.3, 0.4) is 0 Å². The Morgan fingerprint density at radius 1 is 0.947 bits per heavy atom. The van der Waals surface area contributed by atoms with Crippen LogP contribution < -0.4 is 0 Å². The van der Waals surface area contributed by atoms with Crippen molar-refractivity contribution in [3.63, 3.8) is 0 Å². The average molecular weight is 294 g/mol. The molecule has 0 radical (unpaired) electrons. The molecule has 0 amide bonds. The predicted molar refractivity (Wildman–Crippen MR) is 75.0 cm³/mol. The van der Waals surface area contributed by atoms with E-state index in [9.17, 15) is 15.3 Å². The van der Waals surface area contributed by atoms with Crippen molar-refractivity contribution < 1.29 is 25.2 Å². The molecule has 0 unspecified atom stereocenters. The second-order valence-corrected chi connectivity index (χ2v) is 6.19. The molecule has 0 aromatic carbocycles. The molecule has 5 nitrogen and oxygen atoms in total. The standard InChI is InChI=1S/C13H26O5S/c1-2-3-4-5-6-7-19-13-12(17)11(16)10(15)9(8-14)18-13/h9-17H,2-8H2,1H3/t9-,10+,11+,12+,13-/m0/s1. The normalized spacial score (nSPS) is 35.5. The van der Waals surface area contributed by atoms with E-state index in [1.165, 1.54) is 31.0 Å². The molecule has 6 heteroatoms. The van der Waals surface area contributed by atoms with Crippen LogP contribution in [0.5, 0.6) is 0 Å². The molecule has 4 N–H and O–H groups in total. The van der Waals surface area contributed by atoms with Gasteiger partial charge in [-0.3, -0.25) is 0 Å². The SMILES string of the molecule is CCCCCCCS[C@@H]1O[C@@H](CO)[C@@H](O)[C@@H](O)[C@H]1O. The van der Waals surface area contributed by atoms with E-state index in [-0.39, 0.29) is 6.61 Å². The maximum atomic E-state index is 9.82. The van der Waals surface area contributed by atoms with Crippen molar-refractivity contribution in [3.8, 4) is 0 Å². The summed E-state index contributed by atoms with van der Waals surface area (Å²) in [6, 6.07) is 0. The molecule has 1 fully saturated rings. The Morgan fingerprint density at radius 2 is 1.63 bits per heavy atom. The van der Waals surface area contributed by atoms with Crippen molar-refractivity contribution in [2.24, 2.45) is 0 Å². The minimum atomic E-state index is -1.26. The Labute approximate surface area is 119 Å². The van der Waals surface area contributed by atoms with Crippen LogP contribution in [-0.2, 0) is 4.74 Å². The molecular weight excluding hydrogens is 268 g/mol. The second-order valence-electron chi connectivity index (χ2n) is 4.98. The van der Waals surface area contributed by atoms with Crippen molar-refractivity contribution in [2.75, 3.05) is 12.4 Å². The van der Waals surface area contributed by atoms with E-state index in [4.69, 9.17) is 9.84 Å². The van der Waals surface area contributed by atoms with Crippen molar-refractivity contribution in [1.82, 2.24) is 0 Å². The average Bonchev–Trinajstić information content (AvgIpc) is 2.42. The number of aliphatic hydroxyl groups is 4. The first kappa shape index (κ1) is 17.2. The summed E-state index contributed by atoms with van der Waals surface area (Å²) >= 11 is 1.43. The first-order valence-corrected chi connectivity index (χ1v) is 8.08. The van der Waals surface area contributed by atoms with Gasteiger partial charge in [-0.2, -0.15) is 0 Å². The molecule has 0 aromatic heterocycles. The maximum Gasteiger partial charge on any atom is 0.132 e. The molecular formula is C13H26O5S. The van der Waals surface area contributed by atoms with Crippen LogP contribution in [0.25, 0.3) is 0 Å². The first-order valence-electron chi connectivity index (χ1n) is 7.04. The predicted octanol–water partition coefficient (Wildman–Crippen LogP) is 0.490. The fourth-order valence-electron chi connectivity index (χ4n) is 2.11. The molecule has 0 saturated carbocycles.